The van der Waals surface area contributed by atoms with Gasteiger partial charge in [0.1, 0.15) is 5.82 Å². The maximum Gasteiger partial charge on any atom is 0.189 e. The van der Waals surface area contributed by atoms with Crippen LogP contribution in [0.25, 0.3) is 0 Å². The van der Waals surface area contributed by atoms with Crippen molar-refractivity contribution in [1.82, 2.24) is 19.9 Å². The largest absolute Gasteiger partial charge is 0.347 e. The summed E-state index contributed by atoms with van der Waals surface area (Å²) in [4.78, 5) is 18.1. The number of rotatable bonds is 4. The number of pyridine rings is 1. The summed E-state index contributed by atoms with van der Waals surface area (Å²) < 4.78 is 0.993. The standard InChI is InChI=1S/C16H18BrN5S/c1-23-16-19-7-14(17)15(20-16)22-12-6-13(22)10-21(9-12)8-11-2-4-18-5-3-11/h2-5,7,12-13H,6,8-10H2,1H3. The van der Waals surface area contributed by atoms with E-state index in [1.807, 2.05) is 24.8 Å². The van der Waals surface area contributed by atoms with Crippen molar-refractivity contribution in [2.24, 2.45) is 0 Å². The number of halogens is 1. The molecule has 3 aliphatic rings. The van der Waals surface area contributed by atoms with E-state index >= 15 is 0 Å². The van der Waals surface area contributed by atoms with Crippen LogP contribution in [0.15, 0.2) is 40.4 Å². The highest BCUT2D eigenvalue weighted by atomic mass is 79.9. The first-order chi connectivity index (χ1) is 11.2. The van der Waals surface area contributed by atoms with Crippen LogP contribution >= 0.6 is 27.7 Å². The molecule has 0 aromatic carbocycles. The Bertz CT molecular complexity index is 686. The Morgan fingerprint density at radius 2 is 2.00 bits per heavy atom. The molecule has 0 saturated carbocycles. The Hall–Kier alpha value is -1.18. The minimum atomic E-state index is 0.552. The SMILES string of the molecule is CSc1ncc(Br)c(N2C3CC2CN(Cc2ccncc2)C3)n1. The van der Waals surface area contributed by atoms with Crippen molar-refractivity contribution >= 4 is 33.5 Å². The summed E-state index contributed by atoms with van der Waals surface area (Å²) in [6, 6.07) is 5.31. The summed E-state index contributed by atoms with van der Waals surface area (Å²) in [6.07, 6.45) is 8.89. The molecule has 0 amide bonds. The second kappa shape index (κ2) is 6.37. The van der Waals surface area contributed by atoms with E-state index in [4.69, 9.17) is 4.98 Å². The van der Waals surface area contributed by atoms with Gasteiger partial charge >= 0.3 is 0 Å². The second-order valence-corrected chi connectivity index (χ2v) is 7.66. The van der Waals surface area contributed by atoms with E-state index in [0.717, 1.165) is 35.1 Å². The first-order valence-electron chi connectivity index (χ1n) is 7.70. The van der Waals surface area contributed by atoms with Gasteiger partial charge in [0.25, 0.3) is 0 Å². The number of piperidine rings is 1. The topological polar surface area (TPSA) is 45.2 Å². The van der Waals surface area contributed by atoms with Crippen LogP contribution in [0, 0.1) is 0 Å². The number of piperazine rings is 1. The van der Waals surface area contributed by atoms with Gasteiger partial charge in [-0.05, 0) is 46.3 Å². The number of hydrogen-bond donors (Lipinski definition) is 0. The van der Waals surface area contributed by atoms with E-state index in [1.54, 1.807) is 11.8 Å². The molecule has 5 nitrogen and oxygen atoms in total. The van der Waals surface area contributed by atoms with E-state index in [9.17, 15) is 0 Å². The molecular weight excluding hydrogens is 374 g/mol. The van der Waals surface area contributed by atoms with E-state index < -0.39 is 0 Å². The van der Waals surface area contributed by atoms with Crippen LogP contribution in [-0.2, 0) is 6.54 Å². The minimum absolute atomic E-state index is 0.552. The van der Waals surface area contributed by atoms with Crippen molar-refractivity contribution in [1.29, 1.82) is 0 Å². The summed E-state index contributed by atoms with van der Waals surface area (Å²) in [6.45, 7) is 3.18. The number of fused-ring (bicyclic) bond motifs is 2. The number of thioether (sulfide) groups is 1. The fourth-order valence-corrected chi connectivity index (χ4v) is 4.27. The second-order valence-electron chi connectivity index (χ2n) is 6.03. The van der Waals surface area contributed by atoms with Gasteiger partial charge in [-0.25, -0.2) is 9.97 Å². The van der Waals surface area contributed by atoms with Crippen LogP contribution in [-0.4, -0.2) is 51.3 Å². The molecule has 5 rings (SSSR count). The number of aromatic nitrogens is 3. The predicted octanol–water partition coefficient (Wildman–Crippen LogP) is 2.82. The molecule has 120 valence electrons. The zero-order valence-corrected chi connectivity index (χ0v) is 15.3. The Balaban J connectivity index is 1.48. The zero-order valence-electron chi connectivity index (χ0n) is 12.9. The molecule has 23 heavy (non-hydrogen) atoms. The summed E-state index contributed by atoms with van der Waals surface area (Å²) in [5.41, 5.74) is 1.33. The molecule has 3 aliphatic heterocycles. The van der Waals surface area contributed by atoms with Gasteiger partial charge in [-0.3, -0.25) is 9.88 Å². The molecule has 2 unspecified atom stereocenters. The third kappa shape index (κ3) is 2.97. The molecule has 3 fully saturated rings. The van der Waals surface area contributed by atoms with Crippen molar-refractivity contribution < 1.29 is 0 Å². The van der Waals surface area contributed by atoms with Gasteiger partial charge < -0.3 is 4.90 Å². The van der Waals surface area contributed by atoms with Crippen molar-refractivity contribution in [3.05, 3.63) is 40.8 Å². The highest BCUT2D eigenvalue weighted by Crippen LogP contribution is 2.39. The fraction of sp³-hybridized carbons (Fsp3) is 0.438. The van der Waals surface area contributed by atoms with Crippen LogP contribution in [0.3, 0.4) is 0 Å². The van der Waals surface area contributed by atoms with Crippen LogP contribution in [0.5, 0.6) is 0 Å². The molecule has 0 aliphatic carbocycles. The zero-order chi connectivity index (χ0) is 15.8. The van der Waals surface area contributed by atoms with E-state index in [-0.39, 0.29) is 0 Å². The Morgan fingerprint density at radius 1 is 1.26 bits per heavy atom. The number of anilines is 1. The van der Waals surface area contributed by atoms with Crippen molar-refractivity contribution in [3.8, 4) is 0 Å². The number of hydrogen-bond acceptors (Lipinski definition) is 6. The summed E-state index contributed by atoms with van der Waals surface area (Å²) in [5, 5.41) is 0.835. The lowest BCUT2D eigenvalue weighted by atomic mass is 9.87. The fourth-order valence-electron chi connectivity index (χ4n) is 3.54. The van der Waals surface area contributed by atoms with Gasteiger partial charge in [-0.15, -0.1) is 0 Å². The van der Waals surface area contributed by atoms with E-state index in [0.29, 0.717) is 12.1 Å². The summed E-state index contributed by atoms with van der Waals surface area (Å²) >= 11 is 5.20. The molecule has 7 heteroatoms. The lowest BCUT2D eigenvalue weighted by Gasteiger charge is -2.57. The van der Waals surface area contributed by atoms with Gasteiger partial charge in [0.05, 0.1) is 4.47 Å². The molecule has 0 N–H and O–H groups in total. The maximum absolute atomic E-state index is 4.71. The average Bonchev–Trinajstić information content (AvgIpc) is 2.57. The average molecular weight is 392 g/mol. The van der Waals surface area contributed by atoms with Gasteiger partial charge in [0.2, 0.25) is 0 Å². The van der Waals surface area contributed by atoms with Crippen LogP contribution in [0.2, 0.25) is 0 Å². The van der Waals surface area contributed by atoms with Gasteiger partial charge in [-0.2, -0.15) is 0 Å². The number of nitrogens with zero attached hydrogens (tertiary/aromatic N) is 5. The lowest BCUT2D eigenvalue weighted by molar-refractivity contribution is 0.107. The Kier molecular flexibility index (Phi) is 4.26. The molecule has 5 heterocycles. The third-order valence-corrected chi connectivity index (χ3v) is 5.68. The molecule has 3 saturated heterocycles. The van der Waals surface area contributed by atoms with Gasteiger partial charge in [0, 0.05) is 50.3 Å². The highest BCUT2D eigenvalue weighted by molar-refractivity contribution is 9.10. The molecule has 2 atom stereocenters. The Labute approximate surface area is 148 Å². The van der Waals surface area contributed by atoms with Crippen molar-refractivity contribution in [3.63, 3.8) is 0 Å². The third-order valence-electron chi connectivity index (χ3n) is 4.56. The first-order valence-corrected chi connectivity index (χ1v) is 9.72. The molecule has 2 aromatic rings. The molecule has 2 bridgehead atoms. The van der Waals surface area contributed by atoms with Crippen LogP contribution in [0.1, 0.15) is 12.0 Å². The van der Waals surface area contributed by atoms with E-state index in [1.165, 1.54) is 12.0 Å². The summed E-state index contributed by atoms with van der Waals surface area (Å²) in [5.74, 6) is 1.05. The lowest BCUT2D eigenvalue weighted by Crippen LogP contribution is -2.69. The van der Waals surface area contributed by atoms with Crippen molar-refractivity contribution in [2.75, 3.05) is 24.2 Å². The highest BCUT2D eigenvalue weighted by Gasteiger charge is 2.45. The molecule has 0 radical (unpaired) electrons. The smallest absolute Gasteiger partial charge is 0.189 e. The van der Waals surface area contributed by atoms with Crippen LogP contribution < -0.4 is 4.90 Å². The summed E-state index contributed by atoms with van der Waals surface area (Å²) in [7, 11) is 0. The molecular formula is C16H18BrN5S. The molecule has 0 spiro atoms. The quantitative estimate of drug-likeness (QED) is 0.589. The Morgan fingerprint density at radius 3 is 2.70 bits per heavy atom. The maximum atomic E-state index is 4.71. The van der Waals surface area contributed by atoms with Crippen molar-refractivity contribution in [2.45, 2.75) is 30.2 Å². The van der Waals surface area contributed by atoms with Crippen LogP contribution in [0.4, 0.5) is 5.82 Å². The normalized spacial score (nSPS) is 23.7. The van der Waals surface area contributed by atoms with Gasteiger partial charge in [0.15, 0.2) is 5.16 Å². The minimum Gasteiger partial charge on any atom is -0.347 e. The van der Waals surface area contributed by atoms with E-state index in [2.05, 4.69) is 47.8 Å². The molecule has 2 aromatic heterocycles. The van der Waals surface area contributed by atoms with Gasteiger partial charge in [-0.1, -0.05) is 11.8 Å². The predicted molar refractivity (Wildman–Crippen MR) is 95.7 cm³/mol. The monoisotopic (exact) mass is 391 g/mol. The first kappa shape index (κ1) is 15.4.